The number of hydrogen-bond acceptors (Lipinski definition) is 4. The summed E-state index contributed by atoms with van der Waals surface area (Å²) in [6, 6.07) is 5.26. The van der Waals surface area contributed by atoms with E-state index in [0.29, 0.717) is 55.5 Å². The summed E-state index contributed by atoms with van der Waals surface area (Å²) in [5.41, 5.74) is -0.419. The van der Waals surface area contributed by atoms with Gasteiger partial charge in [-0.3, -0.25) is 9.36 Å². The van der Waals surface area contributed by atoms with Crippen molar-refractivity contribution in [3.63, 3.8) is 0 Å². The summed E-state index contributed by atoms with van der Waals surface area (Å²) in [7, 11) is 0. The third kappa shape index (κ3) is 4.28. The lowest BCUT2D eigenvalue weighted by molar-refractivity contribution is -0.141. The van der Waals surface area contributed by atoms with Crippen LogP contribution in [0.3, 0.4) is 0 Å². The van der Waals surface area contributed by atoms with Crippen LogP contribution in [0.1, 0.15) is 37.5 Å². The van der Waals surface area contributed by atoms with Crippen molar-refractivity contribution in [2.75, 3.05) is 19.8 Å². The number of rotatable bonds is 3. The SMILES string of the molecule is O=C(NC1CCOCC1)N1CCCC1c1nc2ccccc2c(=O)n1CC(F)(F)F. The standard InChI is InChI=1S/C20H23F3N4O3/c21-20(22,23)12-27-17(25-15-5-2-1-4-14(15)18(27)28)16-6-3-9-26(16)19(29)24-13-7-10-30-11-8-13/h1-2,4-5,13,16H,3,6-12H2,(H,24,29). The number of carbonyl (C=O) groups is 1. The zero-order chi connectivity index (χ0) is 21.3. The van der Waals surface area contributed by atoms with Gasteiger partial charge < -0.3 is 15.0 Å². The molecule has 0 aliphatic carbocycles. The highest BCUT2D eigenvalue weighted by Gasteiger charge is 2.37. The van der Waals surface area contributed by atoms with E-state index in [-0.39, 0.29) is 23.3 Å². The van der Waals surface area contributed by atoms with E-state index in [0.717, 1.165) is 0 Å². The topological polar surface area (TPSA) is 76.5 Å². The van der Waals surface area contributed by atoms with E-state index in [1.807, 2.05) is 0 Å². The lowest BCUT2D eigenvalue weighted by Gasteiger charge is -2.30. The number of halogens is 3. The van der Waals surface area contributed by atoms with Crippen molar-refractivity contribution in [2.45, 2.75) is 50.5 Å². The third-order valence-electron chi connectivity index (χ3n) is 5.59. The highest BCUT2D eigenvalue weighted by Crippen LogP contribution is 2.32. The van der Waals surface area contributed by atoms with Gasteiger partial charge >= 0.3 is 12.2 Å². The molecule has 0 saturated carbocycles. The molecule has 1 N–H and O–H groups in total. The van der Waals surface area contributed by atoms with Gasteiger partial charge in [-0.05, 0) is 37.8 Å². The highest BCUT2D eigenvalue weighted by molar-refractivity contribution is 5.78. The number of urea groups is 1. The summed E-state index contributed by atoms with van der Waals surface area (Å²) in [6.45, 7) is 0.0802. The van der Waals surface area contributed by atoms with Crippen molar-refractivity contribution >= 4 is 16.9 Å². The Balaban J connectivity index is 1.70. The zero-order valence-electron chi connectivity index (χ0n) is 16.3. The summed E-state index contributed by atoms with van der Waals surface area (Å²) in [4.78, 5) is 31.6. The monoisotopic (exact) mass is 424 g/mol. The normalized spacial score (nSPS) is 20.6. The van der Waals surface area contributed by atoms with Gasteiger partial charge in [-0.1, -0.05) is 12.1 Å². The van der Waals surface area contributed by atoms with E-state index >= 15 is 0 Å². The summed E-state index contributed by atoms with van der Waals surface area (Å²) >= 11 is 0. The van der Waals surface area contributed by atoms with Crippen LogP contribution in [0.25, 0.3) is 10.9 Å². The van der Waals surface area contributed by atoms with Gasteiger partial charge in [0.1, 0.15) is 12.4 Å². The van der Waals surface area contributed by atoms with Gasteiger partial charge in [0.25, 0.3) is 5.56 Å². The quantitative estimate of drug-likeness (QED) is 0.822. The molecular weight excluding hydrogens is 401 g/mol. The van der Waals surface area contributed by atoms with E-state index in [9.17, 15) is 22.8 Å². The summed E-state index contributed by atoms with van der Waals surface area (Å²) in [5.74, 6) is -0.0179. The first kappa shape index (κ1) is 20.6. The Hall–Kier alpha value is -2.62. The van der Waals surface area contributed by atoms with Gasteiger partial charge in [0, 0.05) is 25.8 Å². The highest BCUT2D eigenvalue weighted by atomic mass is 19.4. The first-order valence-electron chi connectivity index (χ1n) is 10.0. The van der Waals surface area contributed by atoms with Crippen LogP contribution in [0.15, 0.2) is 29.1 Å². The van der Waals surface area contributed by atoms with Crippen LogP contribution in [0.4, 0.5) is 18.0 Å². The largest absolute Gasteiger partial charge is 0.406 e. The number of nitrogens with zero attached hydrogens (tertiary/aromatic N) is 3. The summed E-state index contributed by atoms with van der Waals surface area (Å²) in [6.07, 6.45) is -2.13. The Morgan fingerprint density at radius 1 is 1.20 bits per heavy atom. The molecule has 0 radical (unpaired) electrons. The van der Waals surface area contributed by atoms with Crippen LogP contribution in [0, 0.1) is 0 Å². The van der Waals surface area contributed by atoms with Crippen LogP contribution in [-0.2, 0) is 11.3 Å². The summed E-state index contributed by atoms with van der Waals surface area (Å²) < 4.78 is 45.8. The van der Waals surface area contributed by atoms with Crippen molar-refractivity contribution in [2.24, 2.45) is 0 Å². The van der Waals surface area contributed by atoms with Gasteiger partial charge in [-0.2, -0.15) is 13.2 Å². The van der Waals surface area contributed by atoms with E-state index in [1.54, 1.807) is 18.2 Å². The van der Waals surface area contributed by atoms with Gasteiger partial charge in [0.05, 0.1) is 16.9 Å². The number of carbonyl (C=O) groups excluding carboxylic acids is 1. The molecule has 0 spiro atoms. The van der Waals surface area contributed by atoms with Crippen LogP contribution >= 0.6 is 0 Å². The van der Waals surface area contributed by atoms with Crippen molar-refractivity contribution in [3.05, 3.63) is 40.4 Å². The van der Waals surface area contributed by atoms with E-state index < -0.39 is 24.3 Å². The second-order valence-corrected chi connectivity index (χ2v) is 7.68. The predicted octanol–water partition coefficient (Wildman–Crippen LogP) is 2.98. The average Bonchev–Trinajstić information content (AvgIpc) is 3.20. The molecule has 2 aliphatic rings. The molecule has 1 atom stereocenters. The smallest absolute Gasteiger partial charge is 0.381 e. The molecule has 4 rings (SSSR count). The van der Waals surface area contributed by atoms with E-state index in [2.05, 4.69) is 10.3 Å². The first-order chi connectivity index (χ1) is 14.3. The van der Waals surface area contributed by atoms with Gasteiger partial charge in [0.2, 0.25) is 0 Å². The number of hydrogen-bond donors (Lipinski definition) is 1. The molecule has 1 aromatic carbocycles. The maximum absolute atomic E-state index is 13.3. The molecule has 3 heterocycles. The van der Waals surface area contributed by atoms with Crippen molar-refractivity contribution in [3.8, 4) is 0 Å². The molecule has 2 amide bonds. The number of nitrogens with one attached hydrogen (secondary N) is 1. The second kappa shape index (κ2) is 8.25. The van der Waals surface area contributed by atoms with Crippen LogP contribution in [0.5, 0.6) is 0 Å². The van der Waals surface area contributed by atoms with Gasteiger partial charge in [-0.25, -0.2) is 9.78 Å². The fraction of sp³-hybridized carbons (Fsp3) is 0.550. The second-order valence-electron chi connectivity index (χ2n) is 7.68. The number of ether oxygens (including phenoxy) is 1. The first-order valence-corrected chi connectivity index (χ1v) is 10.0. The maximum atomic E-state index is 13.3. The molecule has 2 aromatic rings. The van der Waals surface area contributed by atoms with Crippen molar-refractivity contribution in [1.82, 2.24) is 19.8 Å². The van der Waals surface area contributed by atoms with Crippen LogP contribution < -0.4 is 10.9 Å². The van der Waals surface area contributed by atoms with E-state index in [1.165, 1.54) is 11.0 Å². The molecule has 2 aliphatic heterocycles. The third-order valence-corrected chi connectivity index (χ3v) is 5.59. The molecule has 0 bridgehead atoms. The maximum Gasteiger partial charge on any atom is 0.406 e. The van der Waals surface area contributed by atoms with Crippen LogP contribution in [0.2, 0.25) is 0 Å². The number of likely N-dealkylation sites (tertiary alicyclic amines) is 1. The van der Waals surface area contributed by atoms with Crippen LogP contribution in [-0.4, -0.2) is 52.5 Å². The zero-order valence-corrected chi connectivity index (χ0v) is 16.3. The van der Waals surface area contributed by atoms with Gasteiger partial charge in [-0.15, -0.1) is 0 Å². The molecular formula is C20H23F3N4O3. The lowest BCUT2D eigenvalue weighted by Crippen LogP contribution is -2.47. The lowest BCUT2D eigenvalue weighted by atomic mass is 10.1. The molecule has 1 unspecified atom stereocenters. The Kier molecular flexibility index (Phi) is 5.68. The van der Waals surface area contributed by atoms with E-state index in [4.69, 9.17) is 4.74 Å². The molecule has 2 saturated heterocycles. The molecule has 2 fully saturated rings. The number of para-hydroxylation sites is 1. The minimum atomic E-state index is -4.59. The average molecular weight is 424 g/mol. The predicted molar refractivity (Wildman–Crippen MR) is 103 cm³/mol. The fourth-order valence-corrected chi connectivity index (χ4v) is 4.15. The minimum absolute atomic E-state index is 0.0179. The molecule has 30 heavy (non-hydrogen) atoms. The molecule has 162 valence electrons. The number of benzene rings is 1. The fourth-order valence-electron chi connectivity index (χ4n) is 4.15. The Labute approximate surface area is 170 Å². The Morgan fingerprint density at radius 2 is 1.93 bits per heavy atom. The number of aromatic nitrogens is 2. The van der Waals surface area contributed by atoms with Gasteiger partial charge in [0.15, 0.2) is 0 Å². The summed E-state index contributed by atoms with van der Waals surface area (Å²) in [5, 5.41) is 3.08. The number of amides is 2. The number of alkyl halides is 3. The molecule has 1 aromatic heterocycles. The minimum Gasteiger partial charge on any atom is -0.381 e. The Morgan fingerprint density at radius 3 is 2.67 bits per heavy atom. The molecule has 10 heteroatoms. The van der Waals surface area contributed by atoms with Crippen molar-refractivity contribution < 1.29 is 22.7 Å². The van der Waals surface area contributed by atoms with Crippen molar-refractivity contribution in [1.29, 1.82) is 0 Å². The molecule has 7 nitrogen and oxygen atoms in total. The number of fused-ring (bicyclic) bond motifs is 1. The Bertz CT molecular complexity index is 985.